The standard InChI is InChI=1S/C18H30NO/c1-12-9-13(2)17-14(3)16(12)11-20-18(17)15-7-6-8-19(4,5)10-15/h7,9,12,14,16-18H,6,8,10-11H2,1-5H3/q+1/t12?,14?,16-,17+,18?/m1/s1. The molecule has 0 spiro atoms. The van der Waals surface area contributed by atoms with E-state index < -0.39 is 0 Å². The third-order valence-electron chi connectivity index (χ3n) is 5.88. The first-order chi connectivity index (χ1) is 9.39. The first-order valence-corrected chi connectivity index (χ1v) is 8.20. The lowest BCUT2D eigenvalue weighted by Crippen LogP contribution is -2.51. The van der Waals surface area contributed by atoms with Crippen LogP contribution < -0.4 is 0 Å². The molecule has 3 aliphatic rings. The molecular weight excluding hydrogens is 246 g/mol. The number of ether oxygens (including phenoxy) is 1. The Kier molecular flexibility index (Phi) is 3.58. The zero-order valence-electron chi connectivity index (χ0n) is 13.7. The molecule has 0 aromatic carbocycles. The van der Waals surface area contributed by atoms with Gasteiger partial charge in [-0.2, -0.15) is 0 Å². The van der Waals surface area contributed by atoms with Gasteiger partial charge in [0.05, 0.1) is 33.4 Å². The maximum atomic E-state index is 6.37. The van der Waals surface area contributed by atoms with E-state index in [1.165, 1.54) is 13.0 Å². The Bertz CT molecular complexity index is 448. The maximum absolute atomic E-state index is 6.37. The topological polar surface area (TPSA) is 9.23 Å². The molecule has 0 amide bonds. The lowest BCUT2D eigenvalue weighted by atomic mass is 9.64. The van der Waals surface area contributed by atoms with Crippen molar-refractivity contribution in [3.8, 4) is 0 Å². The number of fused-ring (bicyclic) bond motifs is 2. The molecule has 0 N–H and O–H groups in total. The first kappa shape index (κ1) is 14.3. The molecule has 2 heteroatoms. The van der Waals surface area contributed by atoms with E-state index in [1.54, 1.807) is 11.1 Å². The van der Waals surface area contributed by atoms with Crippen LogP contribution in [0.2, 0.25) is 0 Å². The van der Waals surface area contributed by atoms with Gasteiger partial charge in [0.2, 0.25) is 0 Å². The Hall–Kier alpha value is -0.600. The van der Waals surface area contributed by atoms with Gasteiger partial charge in [0, 0.05) is 17.9 Å². The summed E-state index contributed by atoms with van der Waals surface area (Å²) in [6, 6.07) is 0. The second kappa shape index (κ2) is 4.99. The summed E-state index contributed by atoms with van der Waals surface area (Å²) in [5.74, 6) is 2.75. The van der Waals surface area contributed by atoms with Crippen LogP contribution in [0, 0.1) is 23.7 Å². The van der Waals surface area contributed by atoms with Crippen LogP contribution >= 0.6 is 0 Å². The van der Waals surface area contributed by atoms with Gasteiger partial charge in [-0.25, -0.2) is 0 Å². The van der Waals surface area contributed by atoms with Gasteiger partial charge in [-0.1, -0.05) is 31.6 Å². The van der Waals surface area contributed by atoms with Crippen LogP contribution in [0.4, 0.5) is 0 Å². The van der Waals surface area contributed by atoms with E-state index in [2.05, 4.69) is 47.0 Å². The monoisotopic (exact) mass is 276 g/mol. The fourth-order valence-corrected chi connectivity index (χ4v) is 4.73. The van der Waals surface area contributed by atoms with E-state index in [0.29, 0.717) is 23.9 Å². The molecule has 1 saturated heterocycles. The smallest absolute Gasteiger partial charge is 0.102 e. The molecule has 3 rings (SSSR count). The highest BCUT2D eigenvalue weighted by atomic mass is 16.5. The van der Waals surface area contributed by atoms with E-state index >= 15 is 0 Å². The van der Waals surface area contributed by atoms with E-state index in [9.17, 15) is 0 Å². The summed E-state index contributed by atoms with van der Waals surface area (Å²) in [4.78, 5) is 0. The molecule has 5 atom stereocenters. The number of likely N-dealkylation sites (N-methyl/N-ethyl adjacent to an activating group) is 1. The summed E-state index contributed by atoms with van der Waals surface area (Å²) >= 11 is 0. The molecule has 0 saturated carbocycles. The predicted molar refractivity (Wildman–Crippen MR) is 83.3 cm³/mol. The van der Waals surface area contributed by atoms with Gasteiger partial charge in [-0.15, -0.1) is 0 Å². The summed E-state index contributed by atoms with van der Waals surface area (Å²) < 4.78 is 7.48. The molecule has 3 unspecified atom stereocenters. The lowest BCUT2D eigenvalue weighted by Gasteiger charge is -2.49. The molecule has 0 radical (unpaired) electrons. The fraction of sp³-hybridized carbons (Fsp3) is 0.778. The van der Waals surface area contributed by atoms with Crippen LogP contribution in [-0.2, 0) is 4.74 Å². The average molecular weight is 276 g/mol. The van der Waals surface area contributed by atoms with Crippen molar-refractivity contribution >= 4 is 0 Å². The Labute approximate surface area is 124 Å². The average Bonchev–Trinajstić information content (AvgIpc) is 2.34. The molecule has 1 fully saturated rings. The lowest BCUT2D eigenvalue weighted by molar-refractivity contribution is -0.887. The molecule has 2 aliphatic heterocycles. The molecule has 0 aromatic rings. The minimum atomic E-state index is 0.336. The highest BCUT2D eigenvalue weighted by Gasteiger charge is 2.45. The quantitative estimate of drug-likeness (QED) is 0.528. The summed E-state index contributed by atoms with van der Waals surface area (Å²) in [5.41, 5.74) is 3.11. The van der Waals surface area contributed by atoms with Gasteiger partial charge in [-0.3, -0.25) is 0 Å². The number of rotatable bonds is 1. The summed E-state index contributed by atoms with van der Waals surface area (Å²) in [6.45, 7) is 10.5. The molecule has 1 aliphatic carbocycles. The van der Waals surface area contributed by atoms with Gasteiger partial charge in [-0.05, 0) is 24.7 Å². The number of quaternary nitrogens is 1. The molecule has 20 heavy (non-hydrogen) atoms. The van der Waals surface area contributed by atoms with Crippen molar-refractivity contribution in [1.82, 2.24) is 0 Å². The van der Waals surface area contributed by atoms with Crippen LogP contribution in [-0.4, -0.2) is 44.4 Å². The third-order valence-corrected chi connectivity index (χ3v) is 5.88. The van der Waals surface area contributed by atoms with E-state index in [0.717, 1.165) is 23.6 Å². The van der Waals surface area contributed by atoms with Crippen molar-refractivity contribution < 1.29 is 9.22 Å². The summed E-state index contributed by atoms with van der Waals surface area (Å²) in [6.07, 6.45) is 6.51. The Morgan fingerprint density at radius 2 is 2.00 bits per heavy atom. The SMILES string of the molecule is CC1=CC(C)[C@H]2COC(C3=CCC[N+](C)(C)C3)[C@@H]1C2C. The first-order valence-electron chi connectivity index (χ1n) is 8.20. The van der Waals surface area contributed by atoms with E-state index in [1.807, 2.05) is 0 Å². The van der Waals surface area contributed by atoms with Gasteiger partial charge in [0.1, 0.15) is 6.54 Å². The normalized spacial score (nSPS) is 43.8. The zero-order chi connectivity index (χ0) is 14.5. The number of hydrogen-bond donors (Lipinski definition) is 0. The number of hydrogen-bond acceptors (Lipinski definition) is 1. The second-order valence-electron chi connectivity index (χ2n) is 7.96. The van der Waals surface area contributed by atoms with Crippen LogP contribution in [0.1, 0.15) is 27.2 Å². The van der Waals surface area contributed by atoms with E-state index in [-0.39, 0.29) is 0 Å². The number of allylic oxidation sites excluding steroid dienone is 1. The second-order valence-corrected chi connectivity index (χ2v) is 7.96. The van der Waals surface area contributed by atoms with Crippen LogP contribution in [0.15, 0.2) is 23.3 Å². The minimum Gasteiger partial charge on any atom is -0.373 e. The largest absolute Gasteiger partial charge is 0.373 e. The molecule has 112 valence electrons. The molecule has 2 nitrogen and oxygen atoms in total. The van der Waals surface area contributed by atoms with Gasteiger partial charge < -0.3 is 9.22 Å². The predicted octanol–water partition coefficient (Wildman–Crippen LogP) is 3.26. The molecule has 2 heterocycles. The van der Waals surface area contributed by atoms with Crippen molar-refractivity contribution in [2.24, 2.45) is 23.7 Å². The van der Waals surface area contributed by atoms with Crippen molar-refractivity contribution in [1.29, 1.82) is 0 Å². The van der Waals surface area contributed by atoms with Crippen molar-refractivity contribution in [3.05, 3.63) is 23.3 Å². The minimum absolute atomic E-state index is 0.336. The Morgan fingerprint density at radius 3 is 2.70 bits per heavy atom. The van der Waals surface area contributed by atoms with Crippen LogP contribution in [0.3, 0.4) is 0 Å². The highest BCUT2D eigenvalue weighted by molar-refractivity contribution is 5.24. The van der Waals surface area contributed by atoms with Crippen molar-refractivity contribution in [2.75, 3.05) is 33.8 Å². The van der Waals surface area contributed by atoms with Gasteiger partial charge >= 0.3 is 0 Å². The molecular formula is C18H30NO+. The van der Waals surface area contributed by atoms with Crippen molar-refractivity contribution in [3.63, 3.8) is 0 Å². The van der Waals surface area contributed by atoms with Gasteiger partial charge in [0.25, 0.3) is 0 Å². The fourth-order valence-electron chi connectivity index (χ4n) is 4.73. The summed E-state index contributed by atoms with van der Waals surface area (Å²) in [7, 11) is 4.68. The molecule has 2 bridgehead atoms. The number of nitrogens with zero attached hydrogens (tertiary/aromatic N) is 1. The Balaban J connectivity index is 1.88. The maximum Gasteiger partial charge on any atom is 0.102 e. The third kappa shape index (κ3) is 2.37. The van der Waals surface area contributed by atoms with Crippen LogP contribution in [0.5, 0.6) is 0 Å². The Morgan fingerprint density at radius 1 is 1.25 bits per heavy atom. The van der Waals surface area contributed by atoms with Crippen molar-refractivity contribution in [2.45, 2.75) is 33.3 Å². The molecule has 0 aromatic heterocycles. The van der Waals surface area contributed by atoms with Gasteiger partial charge in [0.15, 0.2) is 0 Å². The van der Waals surface area contributed by atoms with Crippen LogP contribution in [0.25, 0.3) is 0 Å². The van der Waals surface area contributed by atoms with E-state index in [4.69, 9.17) is 4.74 Å². The highest BCUT2D eigenvalue weighted by Crippen LogP contribution is 2.46. The summed E-state index contributed by atoms with van der Waals surface area (Å²) in [5, 5.41) is 0. The zero-order valence-corrected chi connectivity index (χ0v) is 13.7.